The summed E-state index contributed by atoms with van der Waals surface area (Å²) in [6.45, 7) is 3.21. The number of piperidine rings is 1. The molecule has 110 valence electrons. The minimum Gasteiger partial charge on any atom is -0.384 e. The summed E-state index contributed by atoms with van der Waals surface area (Å²) in [7, 11) is 0. The lowest BCUT2D eigenvalue weighted by molar-refractivity contribution is 0.211. The molecule has 0 saturated carbocycles. The van der Waals surface area contributed by atoms with Crippen molar-refractivity contribution < 1.29 is 0 Å². The van der Waals surface area contributed by atoms with Crippen LogP contribution < -0.4 is 11.1 Å². The van der Waals surface area contributed by atoms with E-state index in [1.54, 1.807) is 12.3 Å². The molecule has 21 heavy (non-hydrogen) atoms. The molecule has 1 fully saturated rings. The maximum absolute atomic E-state index is 5.67. The van der Waals surface area contributed by atoms with Gasteiger partial charge in [0.05, 0.1) is 0 Å². The molecule has 2 heterocycles. The molecule has 5 heteroatoms. The lowest BCUT2D eigenvalue weighted by atomic mass is 10.0. The van der Waals surface area contributed by atoms with Gasteiger partial charge in [-0.2, -0.15) is 4.98 Å². The summed E-state index contributed by atoms with van der Waals surface area (Å²) in [4.78, 5) is 10.9. The van der Waals surface area contributed by atoms with E-state index in [0.29, 0.717) is 17.8 Å². The van der Waals surface area contributed by atoms with Gasteiger partial charge in [0.25, 0.3) is 0 Å². The van der Waals surface area contributed by atoms with Gasteiger partial charge in [0.1, 0.15) is 5.82 Å². The number of benzene rings is 1. The van der Waals surface area contributed by atoms with E-state index in [1.165, 1.54) is 5.56 Å². The molecule has 5 nitrogen and oxygen atoms in total. The van der Waals surface area contributed by atoms with Crippen LogP contribution in [0.5, 0.6) is 0 Å². The van der Waals surface area contributed by atoms with Crippen LogP contribution in [0, 0.1) is 0 Å². The summed E-state index contributed by atoms with van der Waals surface area (Å²) < 4.78 is 0. The Balaban J connectivity index is 1.49. The number of nitrogens with zero attached hydrogens (tertiary/aromatic N) is 3. The maximum Gasteiger partial charge on any atom is 0.224 e. The van der Waals surface area contributed by atoms with Crippen LogP contribution >= 0.6 is 0 Å². The molecule has 3 rings (SSSR count). The third-order valence-corrected chi connectivity index (χ3v) is 3.85. The van der Waals surface area contributed by atoms with Crippen LogP contribution in [0.4, 0.5) is 11.8 Å². The number of nitrogen functional groups attached to an aromatic ring is 1. The fourth-order valence-electron chi connectivity index (χ4n) is 2.70. The van der Waals surface area contributed by atoms with Gasteiger partial charge in [-0.3, -0.25) is 4.90 Å². The average Bonchev–Trinajstić information content (AvgIpc) is 2.50. The molecule has 1 aromatic heterocycles. The number of hydrogen-bond donors (Lipinski definition) is 2. The Labute approximate surface area is 125 Å². The number of aromatic nitrogens is 2. The van der Waals surface area contributed by atoms with Crippen LogP contribution in [0.15, 0.2) is 42.6 Å². The van der Waals surface area contributed by atoms with E-state index in [2.05, 4.69) is 50.5 Å². The Morgan fingerprint density at radius 1 is 1.14 bits per heavy atom. The first-order valence-corrected chi connectivity index (χ1v) is 7.41. The van der Waals surface area contributed by atoms with Crippen molar-refractivity contribution in [2.75, 3.05) is 24.1 Å². The molecule has 0 radical (unpaired) electrons. The predicted molar refractivity (Wildman–Crippen MR) is 84.8 cm³/mol. The summed E-state index contributed by atoms with van der Waals surface area (Å²) in [6, 6.07) is 12.8. The highest BCUT2D eigenvalue weighted by molar-refractivity contribution is 5.35. The number of nitrogens with two attached hydrogens (primary N) is 1. The first-order valence-electron chi connectivity index (χ1n) is 7.41. The molecule has 1 saturated heterocycles. The number of rotatable bonds is 4. The molecule has 2 aromatic rings. The summed E-state index contributed by atoms with van der Waals surface area (Å²) in [6.07, 6.45) is 3.89. The van der Waals surface area contributed by atoms with Crippen LogP contribution in [0.1, 0.15) is 18.4 Å². The first-order chi connectivity index (χ1) is 10.3. The topological polar surface area (TPSA) is 67.1 Å². The van der Waals surface area contributed by atoms with E-state index in [1.807, 2.05) is 0 Å². The van der Waals surface area contributed by atoms with Crippen molar-refractivity contribution in [1.82, 2.24) is 14.9 Å². The highest BCUT2D eigenvalue weighted by atomic mass is 15.2. The van der Waals surface area contributed by atoms with Crippen molar-refractivity contribution in [2.45, 2.75) is 25.4 Å². The minimum absolute atomic E-state index is 0.429. The largest absolute Gasteiger partial charge is 0.384 e. The SMILES string of the molecule is Nc1ccnc(NC2CCN(Cc3ccccc3)CC2)n1. The van der Waals surface area contributed by atoms with Gasteiger partial charge in [-0.25, -0.2) is 4.98 Å². The molecule has 0 spiro atoms. The van der Waals surface area contributed by atoms with Crippen molar-refractivity contribution in [2.24, 2.45) is 0 Å². The zero-order valence-electron chi connectivity index (χ0n) is 12.1. The van der Waals surface area contributed by atoms with E-state index >= 15 is 0 Å². The molecule has 0 aliphatic carbocycles. The smallest absolute Gasteiger partial charge is 0.224 e. The van der Waals surface area contributed by atoms with Gasteiger partial charge in [-0.05, 0) is 24.5 Å². The fraction of sp³-hybridized carbons (Fsp3) is 0.375. The molecule has 1 aliphatic heterocycles. The molecule has 0 amide bonds. The van der Waals surface area contributed by atoms with Crippen LogP contribution in [0.25, 0.3) is 0 Å². The molecule has 1 aliphatic rings. The Morgan fingerprint density at radius 2 is 1.90 bits per heavy atom. The van der Waals surface area contributed by atoms with Crippen molar-refractivity contribution >= 4 is 11.8 Å². The second-order valence-corrected chi connectivity index (χ2v) is 5.49. The van der Waals surface area contributed by atoms with Crippen LogP contribution in [0.2, 0.25) is 0 Å². The Hall–Kier alpha value is -2.14. The second-order valence-electron chi connectivity index (χ2n) is 5.49. The third-order valence-electron chi connectivity index (χ3n) is 3.85. The van der Waals surface area contributed by atoms with Gasteiger partial charge in [0.15, 0.2) is 0 Å². The summed E-state index contributed by atoms with van der Waals surface area (Å²) in [5, 5.41) is 3.38. The van der Waals surface area contributed by atoms with Gasteiger partial charge >= 0.3 is 0 Å². The maximum atomic E-state index is 5.67. The van der Waals surface area contributed by atoms with E-state index in [4.69, 9.17) is 5.73 Å². The van der Waals surface area contributed by atoms with Crippen molar-refractivity contribution in [3.05, 3.63) is 48.2 Å². The zero-order valence-corrected chi connectivity index (χ0v) is 12.1. The normalized spacial score (nSPS) is 16.8. The third kappa shape index (κ3) is 3.92. The fourth-order valence-corrected chi connectivity index (χ4v) is 2.70. The highest BCUT2D eigenvalue weighted by Crippen LogP contribution is 2.16. The lowest BCUT2D eigenvalue weighted by Gasteiger charge is -2.32. The zero-order chi connectivity index (χ0) is 14.5. The molecule has 0 atom stereocenters. The van der Waals surface area contributed by atoms with Crippen molar-refractivity contribution in [3.63, 3.8) is 0 Å². The molecule has 3 N–H and O–H groups in total. The molecule has 0 unspecified atom stereocenters. The monoisotopic (exact) mass is 283 g/mol. The summed E-state index contributed by atoms with van der Waals surface area (Å²) in [5.41, 5.74) is 7.05. The number of hydrogen-bond acceptors (Lipinski definition) is 5. The van der Waals surface area contributed by atoms with Crippen LogP contribution in [-0.4, -0.2) is 34.0 Å². The van der Waals surface area contributed by atoms with Gasteiger partial charge in [0.2, 0.25) is 5.95 Å². The van der Waals surface area contributed by atoms with Crippen LogP contribution in [-0.2, 0) is 6.54 Å². The average molecular weight is 283 g/mol. The van der Waals surface area contributed by atoms with Gasteiger partial charge in [-0.15, -0.1) is 0 Å². The van der Waals surface area contributed by atoms with E-state index in [9.17, 15) is 0 Å². The van der Waals surface area contributed by atoms with Gasteiger partial charge in [-0.1, -0.05) is 30.3 Å². The second kappa shape index (κ2) is 6.54. The Morgan fingerprint density at radius 3 is 2.62 bits per heavy atom. The standard InChI is InChI=1S/C16H21N5/c17-15-6-9-18-16(20-15)19-14-7-10-21(11-8-14)12-13-4-2-1-3-5-13/h1-6,9,14H,7-8,10-12H2,(H3,17,18,19,20). The minimum atomic E-state index is 0.429. The van der Waals surface area contributed by atoms with Crippen molar-refractivity contribution in [1.29, 1.82) is 0 Å². The van der Waals surface area contributed by atoms with Gasteiger partial charge < -0.3 is 11.1 Å². The van der Waals surface area contributed by atoms with Crippen molar-refractivity contribution in [3.8, 4) is 0 Å². The molecular formula is C16H21N5. The molecule has 0 bridgehead atoms. The number of anilines is 2. The lowest BCUT2D eigenvalue weighted by Crippen LogP contribution is -2.38. The van der Waals surface area contributed by atoms with E-state index in [0.717, 1.165) is 32.5 Å². The molecule has 1 aromatic carbocycles. The number of likely N-dealkylation sites (tertiary alicyclic amines) is 1. The van der Waals surface area contributed by atoms with Crippen LogP contribution in [0.3, 0.4) is 0 Å². The Bertz CT molecular complexity index is 564. The summed E-state index contributed by atoms with van der Waals surface area (Å²) >= 11 is 0. The predicted octanol–water partition coefficient (Wildman–Crippen LogP) is 2.14. The number of nitrogens with one attached hydrogen (secondary N) is 1. The quantitative estimate of drug-likeness (QED) is 0.900. The first kappa shape index (κ1) is 13.8. The van der Waals surface area contributed by atoms with E-state index < -0.39 is 0 Å². The van der Waals surface area contributed by atoms with E-state index in [-0.39, 0.29) is 0 Å². The van der Waals surface area contributed by atoms with Gasteiger partial charge in [0, 0.05) is 31.9 Å². The Kier molecular flexibility index (Phi) is 4.31. The molecular weight excluding hydrogens is 262 g/mol. The highest BCUT2D eigenvalue weighted by Gasteiger charge is 2.19. The summed E-state index contributed by atoms with van der Waals surface area (Å²) in [5.74, 6) is 1.14.